The van der Waals surface area contributed by atoms with Gasteiger partial charge in [0.25, 0.3) is 0 Å². The first kappa shape index (κ1) is 17.5. The second-order valence-corrected chi connectivity index (χ2v) is 5.95. The molecule has 0 spiro atoms. The molecule has 1 atom stereocenters. The third kappa shape index (κ3) is 6.40. The molecule has 126 valence electrons. The molecule has 0 bridgehead atoms. The van der Waals surface area contributed by atoms with Crippen LogP contribution in [0.3, 0.4) is 0 Å². The van der Waals surface area contributed by atoms with E-state index in [1.54, 1.807) is 6.92 Å². The summed E-state index contributed by atoms with van der Waals surface area (Å²) < 4.78 is 4.91. The van der Waals surface area contributed by atoms with Crippen LogP contribution in [0.4, 0.5) is 5.69 Å². The summed E-state index contributed by atoms with van der Waals surface area (Å²) in [5.74, 6) is 0.522. The molecular formula is C18H26N2O3. The predicted molar refractivity (Wildman–Crippen MR) is 90.2 cm³/mol. The van der Waals surface area contributed by atoms with Gasteiger partial charge in [-0.15, -0.1) is 0 Å². The van der Waals surface area contributed by atoms with E-state index < -0.39 is 0 Å². The molecule has 23 heavy (non-hydrogen) atoms. The lowest BCUT2D eigenvalue weighted by atomic mass is 10.0. The van der Waals surface area contributed by atoms with E-state index in [2.05, 4.69) is 10.6 Å². The molecule has 2 rings (SSSR count). The van der Waals surface area contributed by atoms with Crippen molar-refractivity contribution < 1.29 is 14.3 Å². The highest BCUT2D eigenvalue weighted by atomic mass is 16.5. The summed E-state index contributed by atoms with van der Waals surface area (Å²) in [7, 11) is 0. The lowest BCUT2D eigenvalue weighted by molar-refractivity contribution is -0.143. The lowest BCUT2D eigenvalue weighted by Crippen LogP contribution is -2.15. The smallest absolute Gasteiger partial charge is 0.306 e. The summed E-state index contributed by atoms with van der Waals surface area (Å²) in [4.78, 5) is 23.3. The Hall–Kier alpha value is -1.88. The van der Waals surface area contributed by atoms with Crippen LogP contribution in [0.1, 0.15) is 38.2 Å². The number of benzene rings is 1. The fourth-order valence-corrected chi connectivity index (χ4v) is 2.75. The molecule has 1 aliphatic heterocycles. The summed E-state index contributed by atoms with van der Waals surface area (Å²) in [5.41, 5.74) is 1.87. The van der Waals surface area contributed by atoms with Gasteiger partial charge in [0.2, 0.25) is 5.91 Å². The SMILES string of the molecule is CCOC(=O)CCc1ccc(NC(=O)CCC2CCNC2)cc1. The third-order valence-electron chi connectivity index (χ3n) is 4.10. The zero-order chi connectivity index (χ0) is 16.5. The third-order valence-corrected chi connectivity index (χ3v) is 4.10. The highest BCUT2D eigenvalue weighted by Crippen LogP contribution is 2.16. The molecule has 0 radical (unpaired) electrons. The van der Waals surface area contributed by atoms with Gasteiger partial charge in [0.15, 0.2) is 0 Å². The Morgan fingerprint density at radius 3 is 2.70 bits per heavy atom. The number of carbonyl (C=O) groups is 2. The average molecular weight is 318 g/mol. The van der Waals surface area contributed by atoms with Crippen molar-refractivity contribution in [1.82, 2.24) is 5.32 Å². The molecule has 5 heteroatoms. The number of carbonyl (C=O) groups excluding carboxylic acids is 2. The average Bonchev–Trinajstić information content (AvgIpc) is 3.06. The Morgan fingerprint density at radius 2 is 2.04 bits per heavy atom. The molecule has 1 unspecified atom stereocenters. The minimum Gasteiger partial charge on any atom is -0.466 e. The van der Waals surface area contributed by atoms with E-state index in [4.69, 9.17) is 4.74 Å². The van der Waals surface area contributed by atoms with E-state index in [1.807, 2.05) is 24.3 Å². The van der Waals surface area contributed by atoms with Gasteiger partial charge in [-0.2, -0.15) is 0 Å². The van der Waals surface area contributed by atoms with E-state index in [0.29, 0.717) is 31.8 Å². The molecule has 1 heterocycles. The van der Waals surface area contributed by atoms with Gasteiger partial charge in [-0.25, -0.2) is 0 Å². The van der Waals surface area contributed by atoms with Crippen LogP contribution < -0.4 is 10.6 Å². The molecule has 1 fully saturated rings. The first-order chi connectivity index (χ1) is 11.2. The number of rotatable bonds is 8. The molecule has 1 aromatic carbocycles. The van der Waals surface area contributed by atoms with Crippen LogP contribution in [-0.4, -0.2) is 31.6 Å². The van der Waals surface area contributed by atoms with Gasteiger partial charge >= 0.3 is 5.97 Å². The van der Waals surface area contributed by atoms with Crippen molar-refractivity contribution >= 4 is 17.6 Å². The number of ether oxygens (including phenoxy) is 1. The summed E-state index contributed by atoms with van der Waals surface area (Å²) in [5, 5.41) is 6.24. The van der Waals surface area contributed by atoms with Crippen LogP contribution in [0.15, 0.2) is 24.3 Å². The first-order valence-corrected chi connectivity index (χ1v) is 8.42. The predicted octanol–water partition coefficient (Wildman–Crippen LogP) is 2.51. The van der Waals surface area contributed by atoms with E-state index in [9.17, 15) is 9.59 Å². The van der Waals surface area contributed by atoms with Gasteiger partial charge in [0.05, 0.1) is 6.61 Å². The van der Waals surface area contributed by atoms with Crippen LogP contribution in [0.2, 0.25) is 0 Å². The van der Waals surface area contributed by atoms with Crippen molar-refractivity contribution in [2.75, 3.05) is 25.0 Å². The van der Waals surface area contributed by atoms with Gasteiger partial charge in [-0.05, 0) is 62.9 Å². The van der Waals surface area contributed by atoms with Gasteiger partial charge in [0.1, 0.15) is 0 Å². The number of hydrogen-bond acceptors (Lipinski definition) is 4. The molecular weight excluding hydrogens is 292 g/mol. The fourth-order valence-electron chi connectivity index (χ4n) is 2.75. The van der Waals surface area contributed by atoms with Crippen molar-refractivity contribution in [3.05, 3.63) is 29.8 Å². The maximum Gasteiger partial charge on any atom is 0.306 e. The molecule has 0 saturated carbocycles. The molecule has 1 aliphatic rings. The molecule has 1 aromatic rings. The second kappa shape index (κ2) is 9.30. The van der Waals surface area contributed by atoms with Crippen molar-refractivity contribution in [1.29, 1.82) is 0 Å². The number of amides is 1. The summed E-state index contributed by atoms with van der Waals surface area (Å²) in [6.07, 6.45) is 3.71. The molecule has 1 amide bonds. The minimum atomic E-state index is -0.175. The quantitative estimate of drug-likeness (QED) is 0.723. The van der Waals surface area contributed by atoms with E-state index >= 15 is 0 Å². The Morgan fingerprint density at radius 1 is 1.26 bits per heavy atom. The number of anilines is 1. The zero-order valence-electron chi connectivity index (χ0n) is 13.8. The van der Waals surface area contributed by atoms with Gasteiger partial charge in [-0.3, -0.25) is 9.59 Å². The normalized spacial score (nSPS) is 17.0. The topological polar surface area (TPSA) is 67.4 Å². The van der Waals surface area contributed by atoms with Crippen molar-refractivity contribution in [3.63, 3.8) is 0 Å². The summed E-state index contributed by atoms with van der Waals surface area (Å²) in [6, 6.07) is 7.65. The largest absolute Gasteiger partial charge is 0.466 e. The van der Waals surface area contributed by atoms with Crippen molar-refractivity contribution in [2.24, 2.45) is 5.92 Å². The van der Waals surface area contributed by atoms with E-state index in [-0.39, 0.29) is 11.9 Å². The molecule has 1 saturated heterocycles. The van der Waals surface area contributed by atoms with Crippen LogP contribution >= 0.6 is 0 Å². The second-order valence-electron chi connectivity index (χ2n) is 5.95. The highest BCUT2D eigenvalue weighted by Gasteiger charge is 2.15. The van der Waals surface area contributed by atoms with Crippen molar-refractivity contribution in [3.8, 4) is 0 Å². The number of hydrogen-bond donors (Lipinski definition) is 2. The van der Waals surface area contributed by atoms with Crippen LogP contribution in [0.5, 0.6) is 0 Å². The number of esters is 1. The number of aryl methyl sites for hydroxylation is 1. The van der Waals surface area contributed by atoms with Crippen LogP contribution in [-0.2, 0) is 20.7 Å². The highest BCUT2D eigenvalue weighted by molar-refractivity contribution is 5.90. The Balaban J connectivity index is 1.71. The van der Waals surface area contributed by atoms with Crippen molar-refractivity contribution in [2.45, 2.75) is 39.0 Å². The fraction of sp³-hybridized carbons (Fsp3) is 0.556. The molecule has 5 nitrogen and oxygen atoms in total. The Labute approximate surface area is 137 Å². The van der Waals surface area contributed by atoms with E-state index in [1.165, 1.54) is 6.42 Å². The van der Waals surface area contributed by atoms with E-state index in [0.717, 1.165) is 30.8 Å². The van der Waals surface area contributed by atoms with Gasteiger partial charge in [0, 0.05) is 18.5 Å². The van der Waals surface area contributed by atoms with Gasteiger partial charge < -0.3 is 15.4 Å². The Bertz CT molecular complexity index is 508. The first-order valence-electron chi connectivity index (χ1n) is 8.42. The zero-order valence-corrected chi connectivity index (χ0v) is 13.8. The standard InChI is InChI=1S/C18H26N2O3/c1-2-23-18(22)10-6-14-3-7-16(8-4-14)20-17(21)9-5-15-11-12-19-13-15/h3-4,7-8,15,19H,2,5-6,9-13H2,1H3,(H,20,21). The molecule has 0 aromatic heterocycles. The summed E-state index contributed by atoms with van der Waals surface area (Å²) in [6.45, 7) is 4.32. The monoisotopic (exact) mass is 318 g/mol. The number of nitrogens with one attached hydrogen (secondary N) is 2. The lowest BCUT2D eigenvalue weighted by Gasteiger charge is -2.09. The summed E-state index contributed by atoms with van der Waals surface area (Å²) >= 11 is 0. The Kier molecular flexibility index (Phi) is 7.07. The maximum atomic E-state index is 11.9. The molecule has 0 aliphatic carbocycles. The maximum absolute atomic E-state index is 11.9. The minimum absolute atomic E-state index is 0.0659. The van der Waals surface area contributed by atoms with Crippen LogP contribution in [0.25, 0.3) is 0 Å². The van der Waals surface area contributed by atoms with Gasteiger partial charge in [-0.1, -0.05) is 12.1 Å². The van der Waals surface area contributed by atoms with Crippen LogP contribution in [0, 0.1) is 5.92 Å². The molecule has 2 N–H and O–H groups in total.